The van der Waals surface area contributed by atoms with Crippen LogP contribution in [-0.2, 0) is 4.74 Å². The van der Waals surface area contributed by atoms with Crippen molar-refractivity contribution in [1.82, 2.24) is 0 Å². The lowest BCUT2D eigenvalue weighted by molar-refractivity contribution is 0.0280. The number of benzene rings is 3. The highest BCUT2D eigenvalue weighted by atomic mass is 35.5. The number of esters is 1. The predicted molar refractivity (Wildman–Crippen MR) is 102 cm³/mol. The van der Waals surface area contributed by atoms with E-state index in [1.54, 1.807) is 66.7 Å². The van der Waals surface area contributed by atoms with Gasteiger partial charge in [0.15, 0.2) is 6.10 Å². The molecule has 3 nitrogen and oxygen atoms in total. The van der Waals surface area contributed by atoms with E-state index in [9.17, 15) is 9.59 Å². The highest BCUT2D eigenvalue weighted by Crippen LogP contribution is 2.25. The molecule has 0 amide bonds. The maximum atomic E-state index is 13.0. The summed E-state index contributed by atoms with van der Waals surface area (Å²) < 4.78 is 5.60. The standard InChI is InChI=1S/C22H17ClO3/c1-15-6-5-9-18(14-15)22(25)26-21(17-10-12-19(23)13-11-17)20(24)16-7-3-2-4-8-16/h2-14,21H,1H3/t21-/m1/s1. The third-order valence-electron chi connectivity index (χ3n) is 3.95. The fourth-order valence-corrected chi connectivity index (χ4v) is 2.74. The number of hydrogen-bond acceptors (Lipinski definition) is 3. The minimum atomic E-state index is -1.04. The van der Waals surface area contributed by atoms with Crippen LogP contribution in [0.5, 0.6) is 0 Å². The molecule has 0 heterocycles. The average Bonchev–Trinajstić information content (AvgIpc) is 2.67. The smallest absolute Gasteiger partial charge is 0.339 e. The number of ketones is 1. The van der Waals surface area contributed by atoms with Gasteiger partial charge < -0.3 is 4.74 Å². The average molecular weight is 365 g/mol. The molecule has 0 saturated carbocycles. The Kier molecular flexibility index (Phi) is 5.49. The number of halogens is 1. The zero-order chi connectivity index (χ0) is 18.5. The minimum absolute atomic E-state index is 0.283. The Hall–Kier alpha value is -2.91. The molecule has 0 unspecified atom stereocenters. The van der Waals surface area contributed by atoms with Gasteiger partial charge in [0.25, 0.3) is 0 Å². The number of carbonyl (C=O) groups is 2. The van der Waals surface area contributed by atoms with Gasteiger partial charge in [-0.2, -0.15) is 0 Å². The van der Waals surface area contributed by atoms with Crippen molar-refractivity contribution in [2.45, 2.75) is 13.0 Å². The monoisotopic (exact) mass is 364 g/mol. The fourth-order valence-electron chi connectivity index (χ4n) is 2.61. The lowest BCUT2D eigenvalue weighted by Gasteiger charge is -2.18. The molecule has 130 valence electrons. The summed E-state index contributed by atoms with van der Waals surface area (Å²) in [6, 6.07) is 22.6. The molecule has 4 heteroatoms. The molecule has 0 aliphatic carbocycles. The summed E-state index contributed by atoms with van der Waals surface area (Å²) in [6.07, 6.45) is -1.04. The molecule has 0 saturated heterocycles. The topological polar surface area (TPSA) is 43.4 Å². The van der Waals surface area contributed by atoms with Gasteiger partial charge >= 0.3 is 5.97 Å². The Morgan fingerprint density at radius 3 is 2.15 bits per heavy atom. The van der Waals surface area contributed by atoms with Crippen LogP contribution in [0.2, 0.25) is 5.02 Å². The van der Waals surface area contributed by atoms with E-state index in [2.05, 4.69) is 0 Å². The van der Waals surface area contributed by atoms with Gasteiger partial charge in [0.05, 0.1) is 5.56 Å². The first-order valence-corrected chi connectivity index (χ1v) is 8.55. The number of rotatable bonds is 5. The van der Waals surface area contributed by atoms with Crippen LogP contribution in [0.25, 0.3) is 0 Å². The number of hydrogen-bond donors (Lipinski definition) is 0. The van der Waals surface area contributed by atoms with Crippen molar-refractivity contribution in [3.63, 3.8) is 0 Å². The van der Waals surface area contributed by atoms with E-state index in [-0.39, 0.29) is 5.78 Å². The van der Waals surface area contributed by atoms with E-state index in [0.29, 0.717) is 21.7 Å². The van der Waals surface area contributed by atoms with Gasteiger partial charge in [0.1, 0.15) is 0 Å². The molecule has 0 bridgehead atoms. The SMILES string of the molecule is Cc1cccc(C(=O)O[C@@H](C(=O)c2ccccc2)c2ccc(Cl)cc2)c1. The fraction of sp³-hybridized carbons (Fsp3) is 0.0909. The van der Waals surface area contributed by atoms with Crippen LogP contribution in [-0.4, -0.2) is 11.8 Å². The zero-order valence-electron chi connectivity index (χ0n) is 14.2. The van der Waals surface area contributed by atoms with E-state index in [4.69, 9.17) is 16.3 Å². The molecule has 0 N–H and O–H groups in total. The second-order valence-electron chi connectivity index (χ2n) is 5.94. The van der Waals surface area contributed by atoms with Gasteiger partial charge in [-0.3, -0.25) is 4.79 Å². The highest BCUT2D eigenvalue weighted by Gasteiger charge is 2.26. The highest BCUT2D eigenvalue weighted by molar-refractivity contribution is 6.30. The van der Waals surface area contributed by atoms with Crippen molar-refractivity contribution >= 4 is 23.4 Å². The lowest BCUT2D eigenvalue weighted by Crippen LogP contribution is -2.20. The van der Waals surface area contributed by atoms with E-state index in [1.165, 1.54) is 0 Å². The van der Waals surface area contributed by atoms with E-state index in [1.807, 2.05) is 19.1 Å². The van der Waals surface area contributed by atoms with E-state index < -0.39 is 12.1 Å². The van der Waals surface area contributed by atoms with Crippen LogP contribution < -0.4 is 0 Å². The summed E-state index contributed by atoms with van der Waals surface area (Å²) in [7, 11) is 0. The third kappa shape index (κ3) is 4.19. The number of ether oxygens (including phenoxy) is 1. The van der Waals surface area contributed by atoms with Crippen LogP contribution in [0, 0.1) is 6.92 Å². The lowest BCUT2D eigenvalue weighted by atomic mass is 9.99. The molecule has 0 aromatic heterocycles. The maximum absolute atomic E-state index is 13.0. The Morgan fingerprint density at radius 1 is 0.846 bits per heavy atom. The van der Waals surface area contributed by atoms with Crippen LogP contribution >= 0.6 is 11.6 Å². The summed E-state index contributed by atoms with van der Waals surface area (Å²) in [6.45, 7) is 1.89. The molecule has 3 aromatic rings. The van der Waals surface area contributed by atoms with E-state index in [0.717, 1.165) is 5.56 Å². The molecule has 3 rings (SSSR count). The molecular formula is C22H17ClO3. The second kappa shape index (κ2) is 7.98. The van der Waals surface area contributed by atoms with Crippen molar-refractivity contribution in [2.75, 3.05) is 0 Å². The Morgan fingerprint density at radius 2 is 1.50 bits per heavy atom. The quantitative estimate of drug-likeness (QED) is 0.448. The molecular weight excluding hydrogens is 348 g/mol. The maximum Gasteiger partial charge on any atom is 0.339 e. The summed E-state index contributed by atoms with van der Waals surface area (Å²) in [5, 5.41) is 0.546. The van der Waals surface area contributed by atoms with Crippen molar-refractivity contribution in [1.29, 1.82) is 0 Å². The third-order valence-corrected chi connectivity index (χ3v) is 4.20. The van der Waals surface area contributed by atoms with Gasteiger partial charge in [0, 0.05) is 16.1 Å². The van der Waals surface area contributed by atoms with Crippen molar-refractivity contribution in [3.8, 4) is 0 Å². The first-order valence-electron chi connectivity index (χ1n) is 8.17. The molecule has 26 heavy (non-hydrogen) atoms. The van der Waals surface area contributed by atoms with Gasteiger partial charge in [-0.05, 0) is 31.2 Å². The molecule has 1 atom stereocenters. The summed E-state index contributed by atoms with van der Waals surface area (Å²) in [5.74, 6) is -0.827. The van der Waals surface area contributed by atoms with Crippen molar-refractivity contribution < 1.29 is 14.3 Å². The van der Waals surface area contributed by atoms with Gasteiger partial charge in [-0.15, -0.1) is 0 Å². The second-order valence-corrected chi connectivity index (χ2v) is 6.37. The Bertz CT molecular complexity index is 918. The zero-order valence-corrected chi connectivity index (χ0v) is 14.9. The number of aryl methyl sites for hydroxylation is 1. The van der Waals surface area contributed by atoms with Crippen LogP contribution in [0.3, 0.4) is 0 Å². The molecule has 0 spiro atoms. The minimum Gasteiger partial charge on any atom is -0.445 e. The van der Waals surface area contributed by atoms with Gasteiger partial charge in [-0.1, -0.05) is 71.8 Å². The number of Topliss-reactive ketones (excluding diaryl/α,β-unsaturated/α-hetero) is 1. The van der Waals surface area contributed by atoms with Gasteiger partial charge in [-0.25, -0.2) is 4.79 Å². The number of carbonyl (C=O) groups excluding carboxylic acids is 2. The van der Waals surface area contributed by atoms with Crippen LogP contribution in [0.15, 0.2) is 78.9 Å². The summed E-state index contributed by atoms with van der Waals surface area (Å²) in [5.41, 5.74) is 2.40. The molecule has 0 radical (unpaired) electrons. The van der Waals surface area contributed by atoms with Crippen molar-refractivity contribution in [3.05, 3.63) is 106 Å². The first kappa shape index (κ1) is 17.9. The Labute approximate surface area is 157 Å². The van der Waals surface area contributed by atoms with Crippen LogP contribution in [0.4, 0.5) is 0 Å². The molecule has 0 aliphatic heterocycles. The van der Waals surface area contributed by atoms with Gasteiger partial charge in [0.2, 0.25) is 5.78 Å². The Balaban J connectivity index is 1.94. The largest absolute Gasteiger partial charge is 0.445 e. The van der Waals surface area contributed by atoms with E-state index >= 15 is 0 Å². The van der Waals surface area contributed by atoms with Crippen molar-refractivity contribution in [2.24, 2.45) is 0 Å². The summed E-state index contributed by atoms with van der Waals surface area (Å²) >= 11 is 5.94. The first-order chi connectivity index (χ1) is 12.5. The molecule has 3 aromatic carbocycles. The summed E-state index contributed by atoms with van der Waals surface area (Å²) in [4.78, 5) is 25.5. The predicted octanol–water partition coefficient (Wildman–Crippen LogP) is 5.43. The van der Waals surface area contributed by atoms with Crippen LogP contribution in [0.1, 0.15) is 37.9 Å². The molecule has 0 fully saturated rings. The molecule has 0 aliphatic rings. The normalized spacial score (nSPS) is 11.6.